The lowest BCUT2D eigenvalue weighted by atomic mass is 9.99. The van der Waals surface area contributed by atoms with Crippen molar-refractivity contribution in [3.63, 3.8) is 0 Å². The fourth-order valence-electron chi connectivity index (χ4n) is 2.91. The monoisotopic (exact) mass is 274 g/mol. The average Bonchev–Trinajstić information content (AvgIpc) is 3.06. The third-order valence-electron chi connectivity index (χ3n) is 3.92. The second kappa shape index (κ2) is 5.75. The number of aromatic amines is 1. The highest BCUT2D eigenvalue weighted by Crippen LogP contribution is 2.19. The van der Waals surface area contributed by atoms with Crippen molar-refractivity contribution in [2.45, 2.75) is 39.3 Å². The summed E-state index contributed by atoms with van der Waals surface area (Å²) in [6.45, 7) is 5.07. The highest BCUT2D eigenvalue weighted by Gasteiger charge is 2.20. The molecule has 2 aromatic rings. The summed E-state index contributed by atoms with van der Waals surface area (Å²) < 4.78 is 2.28. The quantitative estimate of drug-likeness (QED) is 0.891. The maximum atomic E-state index is 4.47. The van der Waals surface area contributed by atoms with E-state index < -0.39 is 0 Å². The van der Waals surface area contributed by atoms with Crippen molar-refractivity contribution in [3.05, 3.63) is 29.9 Å². The van der Waals surface area contributed by atoms with Crippen molar-refractivity contribution in [2.24, 2.45) is 5.92 Å². The van der Waals surface area contributed by atoms with Gasteiger partial charge in [0.05, 0.1) is 6.54 Å². The van der Waals surface area contributed by atoms with Crippen LogP contribution < -0.4 is 0 Å². The number of nitrogens with one attached hydrogen (secondary N) is 1. The largest absolute Gasteiger partial charge is 0.335 e. The van der Waals surface area contributed by atoms with Crippen molar-refractivity contribution in [1.29, 1.82) is 0 Å². The maximum Gasteiger partial charge on any atom is 0.150 e. The SMILES string of the molecule is CCc1n[nH]c(CN(C)CC2CCc3nccn3C2)n1. The zero-order chi connectivity index (χ0) is 13.9. The van der Waals surface area contributed by atoms with E-state index in [2.05, 4.69) is 49.8 Å². The molecule has 3 heterocycles. The predicted octanol–water partition coefficient (Wildman–Crippen LogP) is 1.26. The number of hydrogen-bond acceptors (Lipinski definition) is 4. The fourth-order valence-corrected chi connectivity index (χ4v) is 2.91. The Hall–Kier alpha value is -1.69. The number of hydrogen-bond donors (Lipinski definition) is 1. The smallest absolute Gasteiger partial charge is 0.150 e. The van der Waals surface area contributed by atoms with Crippen LogP contribution in [0.15, 0.2) is 12.4 Å². The minimum Gasteiger partial charge on any atom is -0.335 e. The molecule has 20 heavy (non-hydrogen) atoms. The Morgan fingerprint density at radius 2 is 2.40 bits per heavy atom. The van der Waals surface area contributed by atoms with Gasteiger partial charge in [0.1, 0.15) is 17.5 Å². The highest BCUT2D eigenvalue weighted by atomic mass is 15.2. The Balaban J connectivity index is 1.53. The van der Waals surface area contributed by atoms with E-state index in [-0.39, 0.29) is 0 Å². The molecule has 0 radical (unpaired) electrons. The fraction of sp³-hybridized carbons (Fsp3) is 0.643. The first-order chi connectivity index (χ1) is 9.74. The maximum absolute atomic E-state index is 4.47. The number of nitrogens with zero attached hydrogens (tertiary/aromatic N) is 5. The molecule has 1 aliphatic heterocycles. The first-order valence-corrected chi connectivity index (χ1v) is 7.33. The second-order valence-corrected chi connectivity index (χ2v) is 5.65. The molecule has 1 N–H and O–H groups in total. The van der Waals surface area contributed by atoms with Crippen LogP contribution in [0.25, 0.3) is 0 Å². The molecule has 6 heteroatoms. The van der Waals surface area contributed by atoms with Crippen LogP contribution in [0.5, 0.6) is 0 Å². The topological polar surface area (TPSA) is 62.6 Å². The normalized spacial score (nSPS) is 18.4. The van der Waals surface area contributed by atoms with Gasteiger partial charge < -0.3 is 4.57 Å². The van der Waals surface area contributed by atoms with Crippen molar-refractivity contribution in [3.8, 4) is 0 Å². The van der Waals surface area contributed by atoms with Crippen molar-refractivity contribution in [1.82, 2.24) is 29.6 Å². The zero-order valence-electron chi connectivity index (χ0n) is 12.2. The van der Waals surface area contributed by atoms with Gasteiger partial charge in [-0.2, -0.15) is 5.10 Å². The van der Waals surface area contributed by atoms with Crippen LogP contribution in [-0.4, -0.2) is 43.2 Å². The van der Waals surface area contributed by atoms with Crippen molar-refractivity contribution in [2.75, 3.05) is 13.6 Å². The average molecular weight is 274 g/mol. The van der Waals surface area contributed by atoms with Crippen molar-refractivity contribution < 1.29 is 0 Å². The van der Waals surface area contributed by atoms with Gasteiger partial charge in [-0.1, -0.05) is 6.92 Å². The lowest BCUT2D eigenvalue weighted by Crippen LogP contribution is -2.31. The number of H-pyrrole nitrogens is 1. The van der Waals surface area contributed by atoms with E-state index in [1.807, 2.05) is 6.20 Å². The highest BCUT2D eigenvalue weighted by molar-refractivity contribution is 4.97. The van der Waals surface area contributed by atoms with Gasteiger partial charge in [0.2, 0.25) is 0 Å². The molecule has 2 aromatic heterocycles. The second-order valence-electron chi connectivity index (χ2n) is 5.65. The number of aromatic nitrogens is 5. The third kappa shape index (κ3) is 2.90. The third-order valence-corrected chi connectivity index (χ3v) is 3.92. The molecule has 1 unspecified atom stereocenters. The molecule has 1 aliphatic rings. The van der Waals surface area contributed by atoms with Gasteiger partial charge in [-0.15, -0.1) is 0 Å². The van der Waals surface area contributed by atoms with E-state index >= 15 is 0 Å². The molecule has 0 bridgehead atoms. The first kappa shape index (κ1) is 13.3. The number of rotatable bonds is 5. The van der Waals surface area contributed by atoms with Crippen LogP contribution in [-0.2, 0) is 25.9 Å². The summed E-state index contributed by atoms with van der Waals surface area (Å²) in [5.74, 6) is 3.78. The molecule has 0 saturated heterocycles. The summed E-state index contributed by atoms with van der Waals surface area (Å²) in [6.07, 6.45) is 7.19. The lowest BCUT2D eigenvalue weighted by Gasteiger charge is -2.27. The molecule has 1 atom stereocenters. The molecule has 0 amide bonds. The standard InChI is InChI=1S/C14H22N6/c1-3-12-16-13(18-17-12)10-19(2)8-11-4-5-14-15-6-7-20(14)9-11/h6-7,11H,3-5,8-10H2,1-2H3,(H,16,17,18). The van der Waals surface area contributed by atoms with Gasteiger partial charge >= 0.3 is 0 Å². The Bertz CT molecular complexity index is 558. The van der Waals surface area contributed by atoms with Crippen LogP contribution in [0.4, 0.5) is 0 Å². The molecule has 0 spiro atoms. The summed E-state index contributed by atoms with van der Waals surface area (Å²) in [6, 6.07) is 0. The van der Waals surface area contributed by atoms with Crippen LogP contribution in [0, 0.1) is 5.92 Å². The van der Waals surface area contributed by atoms with Gasteiger partial charge in [0, 0.05) is 38.3 Å². The van der Waals surface area contributed by atoms with Crippen LogP contribution in [0.3, 0.4) is 0 Å². The molecule has 3 rings (SSSR count). The van der Waals surface area contributed by atoms with Crippen LogP contribution in [0.1, 0.15) is 30.8 Å². The minimum absolute atomic E-state index is 0.690. The van der Waals surface area contributed by atoms with Gasteiger partial charge in [-0.05, 0) is 19.4 Å². The Kier molecular flexibility index (Phi) is 3.82. The van der Waals surface area contributed by atoms with Gasteiger partial charge in [-0.3, -0.25) is 10.00 Å². The van der Waals surface area contributed by atoms with E-state index in [0.29, 0.717) is 5.92 Å². The first-order valence-electron chi connectivity index (χ1n) is 7.33. The van der Waals surface area contributed by atoms with E-state index in [4.69, 9.17) is 0 Å². The molecule has 6 nitrogen and oxygen atoms in total. The summed E-state index contributed by atoms with van der Waals surface area (Å²) in [5.41, 5.74) is 0. The Morgan fingerprint density at radius 3 is 3.20 bits per heavy atom. The molecule has 0 aliphatic carbocycles. The molecule has 0 aromatic carbocycles. The van der Waals surface area contributed by atoms with Gasteiger partial charge in [0.15, 0.2) is 0 Å². The van der Waals surface area contributed by atoms with Gasteiger partial charge in [0.25, 0.3) is 0 Å². The number of fused-ring (bicyclic) bond motifs is 1. The Morgan fingerprint density at radius 1 is 1.50 bits per heavy atom. The van der Waals surface area contributed by atoms with E-state index in [0.717, 1.165) is 44.1 Å². The van der Waals surface area contributed by atoms with Gasteiger partial charge in [-0.25, -0.2) is 9.97 Å². The van der Waals surface area contributed by atoms with Crippen LogP contribution in [0.2, 0.25) is 0 Å². The number of imidazole rings is 1. The van der Waals surface area contributed by atoms with E-state index in [9.17, 15) is 0 Å². The number of aryl methyl sites for hydroxylation is 2. The summed E-state index contributed by atoms with van der Waals surface area (Å²) >= 11 is 0. The lowest BCUT2D eigenvalue weighted by molar-refractivity contribution is 0.225. The molecular formula is C14H22N6. The molecule has 0 saturated carbocycles. The summed E-state index contributed by atoms with van der Waals surface area (Å²) in [7, 11) is 2.15. The summed E-state index contributed by atoms with van der Waals surface area (Å²) in [5, 5.41) is 7.20. The zero-order valence-corrected chi connectivity index (χ0v) is 12.2. The van der Waals surface area contributed by atoms with E-state index in [1.165, 1.54) is 12.2 Å². The molecule has 0 fully saturated rings. The van der Waals surface area contributed by atoms with Crippen LogP contribution >= 0.6 is 0 Å². The molecular weight excluding hydrogens is 252 g/mol. The van der Waals surface area contributed by atoms with E-state index in [1.54, 1.807) is 0 Å². The minimum atomic E-state index is 0.690. The van der Waals surface area contributed by atoms with Crippen molar-refractivity contribution >= 4 is 0 Å². The predicted molar refractivity (Wildman–Crippen MR) is 76.1 cm³/mol. The molecule has 108 valence electrons. The Labute approximate surface area is 119 Å². The summed E-state index contributed by atoms with van der Waals surface area (Å²) in [4.78, 5) is 11.2.